The Kier molecular flexibility index (Phi) is 6.78. The van der Waals surface area contributed by atoms with Gasteiger partial charge in [-0.25, -0.2) is 13.1 Å². The number of nitrogens with zero attached hydrogens (tertiary/aromatic N) is 4. The number of sulfonamides is 1. The van der Waals surface area contributed by atoms with E-state index in [4.69, 9.17) is 11.6 Å². The number of fused-ring (bicyclic) bond motifs is 1. The van der Waals surface area contributed by atoms with Crippen molar-refractivity contribution in [1.29, 1.82) is 0 Å². The van der Waals surface area contributed by atoms with E-state index in [0.717, 1.165) is 24.0 Å². The fraction of sp³-hybridized carbons (Fsp3) is 0.409. The summed E-state index contributed by atoms with van der Waals surface area (Å²) < 4.78 is 29.7. The van der Waals surface area contributed by atoms with Crippen LogP contribution in [0, 0.1) is 5.92 Å². The first kappa shape index (κ1) is 22.7. The van der Waals surface area contributed by atoms with Crippen LogP contribution in [0.5, 0.6) is 0 Å². The first-order valence-corrected chi connectivity index (χ1v) is 12.6. The highest BCUT2D eigenvalue weighted by molar-refractivity contribution is 7.89. The molecule has 32 heavy (non-hydrogen) atoms. The standard InChI is InChI=1S/C22H26ClN5O3S/c1-2-10-28-21-9-8-19(13-20(21)25-26-28)32(30,31)27-11-4-6-17(15-27)22(29)24-14-16-5-3-7-18(23)12-16/h3,5,7-9,12-13,17H,2,4,6,10-11,14-15H2,1H3,(H,24,29)/t17-/m1/s1. The van der Waals surface area contributed by atoms with Crippen molar-refractivity contribution in [3.05, 3.63) is 53.1 Å². The molecule has 0 bridgehead atoms. The summed E-state index contributed by atoms with van der Waals surface area (Å²) in [6.45, 7) is 3.67. The summed E-state index contributed by atoms with van der Waals surface area (Å²) in [5, 5.41) is 11.7. The molecule has 0 radical (unpaired) electrons. The van der Waals surface area contributed by atoms with Gasteiger partial charge in [0, 0.05) is 31.2 Å². The smallest absolute Gasteiger partial charge is 0.243 e. The number of amides is 1. The van der Waals surface area contributed by atoms with Crippen molar-refractivity contribution in [2.24, 2.45) is 5.92 Å². The minimum atomic E-state index is -3.74. The van der Waals surface area contributed by atoms with Gasteiger partial charge in [0.25, 0.3) is 0 Å². The van der Waals surface area contributed by atoms with Crippen molar-refractivity contribution in [3.63, 3.8) is 0 Å². The largest absolute Gasteiger partial charge is 0.352 e. The number of aryl methyl sites for hydroxylation is 1. The molecule has 2 aromatic carbocycles. The second-order valence-corrected chi connectivity index (χ2v) is 10.4. The fourth-order valence-electron chi connectivity index (χ4n) is 3.99. The zero-order chi connectivity index (χ0) is 22.7. The third-order valence-corrected chi connectivity index (χ3v) is 7.77. The number of hydrogen-bond acceptors (Lipinski definition) is 5. The molecule has 1 atom stereocenters. The van der Waals surface area contributed by atoms with Gasteiger partial charge in [0.2, 0.25) is 15.9 Å². The third-order valence-electron chi connectivity index (χ3n) is 5.67. The molecule has 1 aliphatic rings. The van der Waals surface area contributed by atoms with E-state index in [1.54, 1.807) is 35.0 Å². The molecular formula is C22H26ClN5O3S. The van der Waals surface area contributed by atoms with E-state index in [2.05, 4.69) is 15.6 Å². The van der Waals surface area contributed by atoms with Gasteiger partial charge in [-0.15, -0.1) is 5.10 Å². The Balaban J connectivity index is 1.45. The van der Waals surface area contributed by atoms with Gasteiger partial charge in [-0.05, 0) is 55.2 Å². The van der Waals surface area contributed by atoms with Crippen molar-refractivity contribution in [1.82, 2.24) is 24.6 Å². The fourth-order valence-corrected chi connectivity index (χ4v) is 5.75. The van der Waals surface area contributed by atoms with Gasteiger partial charge in [-0.2, -0.15) is 4.31 Å². The predicted octanol–water partition coefficient (Wildman–Crippen LogP) is 3.21. The lowest BCUT2D eigenvalue weighted by molar-refractivity contribution is -0.126. The number of halogens is 1. The highest BCUT2D eigenvalue weighted by atomic mass is 35.5. The van der Waals surface area contributed by atoms with Gasteiger partial charge in [-0.1, -0.05) is 35.9 Å². The molecule has 0 aliphatic carbocycles. The number of benzene rings is 2. The number of piperidine rings is 1. The molecule has 4 rings (SSSR count). The molecule has 0 spiro atoms. The van der Waals surface area contributed by atoms with Crippen LogP contribution in [0.25, 0.3) is 11.0 Å². The summed E-state index contributed by atoms with van der Waals surface area (Å²) >= 11 is 5.99. The van der Waals surface area contributed by atoms with Crippen LogP contribution in [-0.2, 0) is 27.9 Å². The lowest BCUT2D eigenvalue weighted by atomic mass is 9.99. The van der Waals surface area contributed by atoms with Crippen LogP contribution >= 0.6 is 11.6 Å². The van der Waals surface area contributed by atoms with E-state index in [1.165, 1.54) is 4.31 Å². The molecule has 10 heteroatoms. The molecule has 1 aromatic heterocycles. The predicted molar refractivity (Wildman–Crippen MR) is 123 cm³/mol. The Hall–Kier alpha value is -2.49. The SMILES string of the molecule is CCCn1nnc2cc(S(=O)(=O)N3CCC[C@@H](C(=O)NCc4cccc(Cl)c4)C3)ccc21. The molecule has 2 heterocycles. The van der Waals surface area contributed by atoms with Crippen LogP contribution < -0.4 is 5.32 Å². The number of rotatable bonds is 7. The number of carbonyl (C=O) groups is 1. The van der Waals surface area contributed by atoms with Crippen molar-refractivity contribution in [2.45, 2.75) is 44.2 Å². The molecule has 8 nitrogen and oxygen atoms in total. The zero-order valence-electron chi connectivity index (χ0n) is 17.9. The molecule has 170 valence electrons. The van der Waals surface area contributed by atoms with E-state index in [1.807, 2.05) is 19.1 Å². The summed E-state index contributed by atoms with van der Waals surface area (Å²) in [5.74, 6) is -0.547. The second kappa shape index (κ2) is 9.56. The quantitative estimate of drug-likeness (QED) is 0.566. The van der Waals surface area contributed by atoms with E-state index in [0.29, 0.717) is 36.5 Å². The zero-order valence-corrected chi connectivity index (χ0v) is 19.4. The van der Waals surface area contributed by atoms with Gasteiger partial charge in [0.15, 0.2) is 0 Å². The van der Waals surface area contributed by atoms with E-state index in [-0.39, 0.29) is 17.3 Å². The maximum Gasteiger partial charge on any atom is 0.243 e. The lowest BCUT2D eigenvalue weighted by Gasteiger charge is -2.31. The number of nitrogens with one attached hydrogen (secondary N) is 1. The Morgan fingerprint density at radius 3 is 2.88 bits per heavy atom. The Labute approximate surface area is 192 Å². The van der Waals surface area contributed by atoms with Crippen molar-refractivity contribution >= 4 is 38.6 Å². The number of carbonyl (C=O) groups excluding carboxylic acids is 1. The van der Waals surface area contributed by atoms with Gasteiger partial charge >= 0.3 is 0 Å². The highest BCUT2D eigenvalue weighted by Gasteiger charge is 2.33. The molecule has 1 N–H and O–H groups in total. The van der Waals surface area contributed by atoms with Crippen molar-refractivity contribution < 1.29 is 13.2 Å². The summed E-state index contributed by atoms with van der Waals surface area (Å²) in [4.78, 5) is 12.9. The highest BCUT2D eigenvalue weighted by Crippen LogP contribution is 2.26. The van der Waals surface area contributed by atoms with Crippen LogP contribution in [0.2, 0.25) is 5.02 Å². The summed E-state index contributed by atoms with van der Waals surface area (Å²) in [5.41, 5.74) is 2.26. The topological polar surface area (TPSA) is 97.2 Å². The first-order valence-electron chi connectivity index (χ1n) is 10.7. The maximum absolute atomic E-state index is 13.3. The van der Waals surface area contributed by atoms with E-state index < -0.39 is 15.9 Å². The van der Waals surface area contributed by atoms with Crippen LogP contribution in [0.1, 0.15) is 31.7 Å². The Bertz CT molecular complexity index is 1230. The molecular weight excluding hydrogens is 450 g/mol. The molecule has 1 aliphatic heterocycles. The summed E-state index contributed by atoms with van der Waals surface area (Å²) in [7, 11) is -3.74. The normalized spacial score (nSPS) is 17.5. The van der Waals surface area contributed by atoms with Crippen LogP contribution in [-0.4, -0.2) is 46.7 Å². The van der Waals surface area contributed by atoms with Crippen molar-refractivity contribution in [2.75, 3.05) is 13.1 Å². The third kappa shape index (κ3) is 4.79. The van der Waals surface area contributed by atoms with E-state index in [9.17, 15) is 13.2 Å². The maximum atomic E-state index is 13.3. The van der Waals surface area contributed by atoms with Gasteiger partial charge in [0.1, 0.15) is 5.52 Å². The molecule has 3 aromatic rings. The molecule has 1 saturated heterocycles. The monoisotopic (exact) mass is 475 g/mol. The van der Waals surface area contributed by atoms with E-state index >= 15 is 0 Å². The molecule has 1 fully saturated rings. The van der Waals surface area contributed by atoms with Crippen LogP contribution in [0.15, 0.2) is 47.4 Å². The van der Waals surface area contributed by atoms with Gasteiger partial charge in [-0.3, -0.25) is 4.79 Å². The van der Waals surface area contributed by atoms with Crippen LogP contribution in [0.4, 0.5) is 0 Å². The van der Waals surface area contributed by atoms with Crippen molar-refractivity contribution in [3.8, 4) is 0 Å². The van der Waals surface area contributed by atoms with Crippen LogP contribution in [0.3, 0.4) is 0 Å². The van der Waals surface area contributed by atoms with Gasteiger partial charge in [0.05, 0.1) is 16.3 Å². The van der Waals surface area contributed by atoms with Gasteiger partial charge < -0.3 is 5.32 Å². The molecule has 0 unspecified atom stereocenters. The molecule has 0 saturated carbocycles. The lowest BCUT2D eigenvalue weighted by Crippen LogP contribution is -2.45. The second-order valence-electron chi connectivity index (χ2n) is 8.01. The minimum Gasteiger partial charge on any atom is -0.352 e. The molecule has 1 amide bonds. The summed E-state index contributed by atoms with van der Waals surface area (Å²) in [6, 6.07) is 12.2. The summed E-state index contributed by atoms with van der Waals surface area (Å²) in [6.07, 6.45) is 2.19. The average molecular weight is 476 g/mol. The Morgan fingerprint density at radius 2 is 2.09 bits per heavy atom. The number of aromatic nitrogens is 3. The average Bonchev–Trinajstić information content (AvgIpc) is 3.20. The minimum absolute atomic E-state index is 0.150. The first-order chi connectivity index (χ1) is 15.4. The number of hydrogen-bond donors (Lipinski definition) is 1. The Morgan fingerprint density at radius 1 is 1.25 bits per heavy atom.